The Labute approximate surface area is 96.9 Å². The van der Waals surface area contributed by atoms with Gasteiger partial charge in [-0.25, -0.2) is 8.42 Å². The van der Waals surface area contributed by atoms with Gasteiger partial charge in [-0.05, 0) is 12.1 Å². The Bertz CT molecular complexity index is 541. The van der Waals surface area contributed by atoms with Gasteiger partial charge in [-0.2, -0.15) is 0 Å². The molecule has 2 N–H and O–H groups in total. The van der Waals surface area contributed by atoms with Gasteiger partial charge in [0.15, 0.2) is 22.2 Å². The normalized spacial score (nSPS) is 14.9. The summed E-state index contributed by atoms with van der Waals surface area (Å²) in [6.45, 7) is 0. The minimum Gasteiger partial charge on any atom is -0.302 e. The molecule has 16 heavy (non-hydrogen) atoms. The van der Waals surface area contributed by atoms with Gasteiger partial charge >= 0.3 is 0 Å². The number of fused-ring (bicyclic) bond motifs is 1. The van der Waals surface area contributed by atoms with Gasteiger partial charge in [0, 0.05) is 10.8 Å². The third kappa shape index (κ3) is 1.92. The molecule has 0 aromatic heterocycles. The van der Waals surface area contributed by atoms with Crippen LogP contribution in [0.25, 0.3) is 10.8 Å². The molecular weight excluding hydrogens is 248 g/mol. The number of benzene rings is 2. The lowest BCUT2D eigenvalue weighted by atomic mass is 10.1. The zero-order valence-electron chi connectivity index (χ0n) is 7.99. The Morgan fingerprint density at radius 2 is 1.12 bits per heavy atom. The van der Waals surface area contributed by atoms with Crippen molar-refractivity contribution in [2.45, 2.75) is 9.79 Å². The van der Waals surface area contributed by atoms with E-state index < -0.39 is 22.2 Å². The second kappa shape index (κ2) is 4.42. The van der Waals surface area contributed by atoms with Crippen molar-refractivity contribution in [3.63, 3.8) is 0 Å². The van der Waals surface area contributed by atoms with Gasteiger partial charge in [0.25, 0.3) is 0 Å². The molecular formula is C10H8O4S2. The van der Waals surface area contributed by atoms with Crippen molar-refractivity contribution in [2.24, 2.45) is 0 Å². The topological polar surface area (TPSA) is 74.6 Å². The molecule has 2 aromatic rings. The summed E-state index contributed by atoms with van der Waals surface area (Å²) in [5.74, 6) is 0. The van der Waals surface area contributed by atoms with E-state index in [0.717, 1.165) is 0 Å². The highest BCUT2D eigenvalue weighted by Gasteiger charge is 2.10. The van der Waals surface area contributed by atoms with E-state index in [-0.39, 0.29) is 9.79 Å². The van der Waals surface area contributed by atoms with E-state index in [0.29, 0.717) is 10.8 Å². The first kappa shape index (κ1) is 11.4. The highest BCUT2D eigenvalue weighted by molar-refractivity contribution is 7.80. The second-order valence-corrected chi connectivity index (χ2v) is 4.98. The van der Waals surface area contributed by atoms with Gasteiger partial charge in [0.2, 0.25) is 0 Å². The van der Waals surface area contributed by atoms with Crippen molar-refractivity contribution in [1.29, 1.82) is 0 Å². The fourth-order valence-electron chi connectivity index (χ4n) is 1.56. The molecule has 0 heterocycles. The first-order valence-corrected chi connectivity index (χ1v) is 6.56. The predicted molar refractivity (Wildman–Crippen MR) is 62.0 cm³/mol. The lowest BCUT2D eigenvalue weighted by molar-refractivity contribution is 0.563. The maximum absolute atomic E-state index is 11.1. The molecule has 2 atom stereocenters. The monoisotopic (exact) mass is 256 g/mol. The van der Waals surface area contributed by atoms with E-state index in [4.69, 9.17) is 9.11 Å². The van der Waals surface area contributed by atoms with E-state index in [9.17, 15) is 8.42 Å². The molecule has 2 unspecified atom stereocenters. The first-order chi connectivity index (χ1) is 7.61. The van der Waals surface area contributed by atoms with Gasteiger partial charge in [0.05, 0.1) is 9.79 Å². The van der Waals surface area contributed by atoms with Crippen LogP contribution in [-0.2, 0) is 22.2 Å². The van der Waals surface area contributed by atoms with Gasteiger partial charge in [-0.1, -0.05) is 24.3 Å². The zero-order chi connectivity index (χ0) is 11.7. The molecule has 0 spiro atoms. The highest BCUT2D eigenvalue weighted by atomic mass is 32.2. The van der Waals surface area contributed by atoms with Crippen LogP contribution in [0.2, 0.25) is 0 Å². The summed E-state index contributed by atoms with van der Waals surface area (Å²) in [6, 6.07) is 9.50. The van der Waals surface area contributed by atoms with Crippen molar-refractivity contribution >= 4 is 32.9 Å². The molecule has 0 aliphatic rings. The summed E-state index contributed by atoms with van der Waals surface area (Å²) in [5.41, 5.74) is 0. The molecule has 4 nitrogen and oxygen atoms in total. The van der Waals surface area contributed by atoms with Crippen LogP contribution in [-0.4, -0.2) is 17.5 Å². The van der Waals surface area contributed by atoms with Crippen molar-refractivity contribution in [3.05, 3.63) is 36.4 Å². The Hall–Kier alpha value is -1.08. The molecule has 0 saturated carbocycles. The molecule has 6 heteroatoms. The number of hydrogen-bond donors (Lipinski definition) is 2. The minimum absolute atomic E-state index is 0.241. The Balaban J connectivity index is 2.86. The van der Waals surface area contributed by atoms with Gasteiger partial charge in [-0.3, -0.25) is 0 Å². The van der Waals surface area contributed by atoms with Crippen LogP contribution >= 0.6 is 0 Å². The van der Waals surface area contributed by atoms with Crippen molar-refractivity contribution in [2.75, 3.05) is 0 Å². The Morgan fingerprint density at radius 3 is 1.44 bits per heavy atom. The largest absolute Gasteiger partial charge is 0.302 e. The lowest BCUT2D eigenvalue weighted by Crippen LogP contribution is -1.94. The van der Waals surface area contributed by atoms with Crippen LogP contribution < -0.4 is 0 Å². The Morgan fingerprint density at radius 1 is 0.750 bits per heavy atom. The van der Waals surface area contributed by atoms with Crippen LogP contribution in [0.4, 0.5) is 0 Å². The standard InChI is InChI=1S/C10H8O4S2/c11-15(12)9-5-1-3-7-8(9)4-2-6-10(7)16(13)14/h1-6H,(H,11,12)(H,13,14). The number of rotatable bonds is 2. The van der Waals surface area contributed by atoms with Gasteiger partial charge in [-0.15, -0.1) is 0 Å². The SMILES string of the molecule is O=S(O)c1cccc2c(S(=O)O)cccc12. The van der Waals surface area contributed by atoms with Crippen LogP contribution in [0, 0.1) is 0 Å². The van der Waals surface area contributed by atoms with Gasteiger partial charge in [0.1, 0.15) is 0 Å². The quantitative estimate of drug-likeness (QED) is 0.806. The van der Waals surface area contributed by atoms with Crippen molar-refractivity contribution in [1.82, 2.24) is 0 Å². The molecule has 0 bridgehead atoms. The molecule has 0 aliphatic carbocycles. The Kier molecular flexibility index (Phi) is 3.15. The van der Waals surface area contributed by atoms with Gasteiger partial charge < -0.3 is 9.11 Å². The summed E-state index contributed by atoms with van der Waals surface area (Å²) < 4.78 is 40.3. The van der Waals surface area contributed by atoms with Crippen molar-refractivity contribution < 1.29 is 17.5 Å². The van der Waals surface area contributed by atoms with E-state index >= 15 is 0 Å². The second-order valence-electron chi connectivity index (χ2n) is 3.11. The molecule has 0 radical (unpaired) electrons. The first-order valence-electron chi connectivity index (χ1n) is 4.34. The molecule has 2 aromatic carbocycles. The third-order valence-electron chi connectivity index (χ3n) is 2.22. The zero-order valence-corrected chi connectivity index (χ0v) is 9.62. The molecule has 2 rings (SSSR count). The minimum atomic E-state index is -2.11. The van der Waals surface area contributed by atoms with Crippen LogP contribution in [0.3, 0.4) is 0 Å². The summed E-state index contributed by atoms with van der Waals surface area (Å²) in [7, 11) is 0. The van der Waals surface area contributed by atoms with Crippen LogP contribution in [0.15, 0.2) is 46.2 Å². The summed E-state index contributed by atoms with van der Waals surface area (Å²) >= 11 is -4.21. The van der Waals surface area contributed by atoms with Crippen LogP contribution in [0.1, 0.15) is 0 Å². The third-order valence-corrected chi connectivity index (χ3v) is 3.68. The lowest BCUT2D eigenvalue weighted by Gasteiger charge is -2.05. The average molecular weight is 256 g/mol. The maximum Gasteiger partial charge on any atom is 0.187 e. The summed E-state index contributed by atoms with van der Waals surface area (Å²) in [5, 5.41) is 1.03. The molecule has 0 aliphatic heterocycles. The smallest absolute Gasteiger partial charge is 0.187 e. The van der Waals surface area contributed by atoms with Crippen molar-refractivity contribution in [3.8, 4) is 0 Å². The summed E-state index contributed by atoms with van der Waals surface area (Å²) in [6.07, 6.45) is 0. The summed E-state index contributed by atoms with van der Waals surface area (Å²) in [4.78, 5) is 0.481. The molecule has 84 valence electrons. The van der Waals surface area contributed by atoms with E-state index in [1.807, 2.05) is 0 Å². The number of hydrogen-bond acceptors (Lipinski definition) is 2. The highest BCUT2D eigenvalue weighted by Crippen LogP contribution is 2.25. The molecule has 0 fully saturated rings. The fourth-order valence-corrected chi connectivity index (χ4v) is 2.68. The molecule has 0 amide bonds. The maximum atomic E-state index is 11.1. The van der Waals surface area contributed by atoms with E-state index in [1.165, 1.54) is 12.1 Å². The van der Waals surface area contributed by atoms with Crippen LogP contribution in [0.5, 0.6) is 0 Å². The predicted octanol–water partition coefficient (Wildman–Crippen LogP) is 2.00. The molecule has 0 saturated heterocycles. The average Bonchev–Trinajstić information content (AvgIpc) is 2.27. The van der Waals surface area contributed by atoms with E-state index in [1.54, 1.807) is 24.3 Å². The fraction of sp³-hybridized carbons (Fsp3) is 0. The van der Waals surface area contributed by atoms with E-state index in [2.05, 4.69) is 0 Å².